The first kappa shape index (κ1) is 15.3. The molecule has 1 aliphatic rings. The molecule has 4 nitrogen and oxygen atoms in total. The van der Waals surface area contributed by atoms with E-state index >= 15 is 0 Å². The average molecular weight is 300 g/mol. The van der Waals surface area contributed by atoms with Crippen molar-refractivity contribution in [3.8, 4) is 0 Å². The first-order valence-electron chi connectivity index (χ1n) is 6.52. The molecular formula is C14H15F3N2O2. The molecule has 1 aromatic carbocycles. The van der Waals surface area contributed by atoms with E-state index in [1.165, 1.54) is 0 Å². The number of carbonyl (C=O) groups is 2. The topological polar surface area (TPSA) is 58.2 Å². The van der Waals surface area contributed by atoms with E-state index in [1.54, 1.807) is 18.2 Å². The lowest BCUT2D eigenvalue weighted by Gasteiger charge is -2.29. The van der Waals surface area contributed by atoms with E-state index in [0.717, 1.165) is 5.56 Å². The van der Waals surface area contributed by atoms with Gasteiger partial charge in [0, 0.05) is 5.69 Å². The molecule has 2 amide bonds. The maximum Gasteiger partial charge on any atom is 0.408 e. The first-order valence-corrected chi connectivity index (χ1v) is 6.52. The largest absolute Gasteiger partial charge is 0.408 e. The van der Waals surface area contributed by atoms with E-state index in [0.29, 0.717) is 5.69 Å². The minimum absolute atomic E-state index is 0.117. The van der Waals surface area contributed by atoms with Gasteiger partial charge < -0.3 is 10.6 Å². The van der Waals surface area contributed by atoms with Gasteiger partial charge in [-0.2, -0.15) is 13.2 Å². The van der Waals surface area contributed by atoms with Gasteiger partial charge in [-0.25, -0.2) is 0 Å². The van der Waals surface area contributed by atoms with Crippen LogP contribution in [-0.2, 0) is 9.59 Å². The summed E-state index contributed by atoms with van der Waals surface area (Å²) < 4.78 is 37.6. The van der Waals surface area contributed by atoms with Gasteiger partial charge in [-0.1, -0.05) is 12.1 Å². The van der Waals surface area contributed by atoms with E-state index in [4.69, 9.17) is 0 Å². The lowest BCUT2D eigenvalue weighted by atomic mass is 9.92. The molecule has 2 N–H and O–H groups in total. The second-order valence-electron chi connectivity index (χ2n) is 5.09. The summed E-state index contributed by atoms with van der Waals surface area (Å²) in [5.41, 5.74) is 1.45. The maximum atomic E-state index is 12.5. The number of anilines is 1. The zero-order valence-corrected chi connectivity index (χ0v) is 11.3. The Bertz CT molecular complexity index is 557. The molecule has 0 aliphatic carbocycles. The molecule has 0 bridgehead atoms. The molecule has 1 heterocycles. The maximum absolute atomic E-state index is 12.5. The van der Waals surface area contributed by atoms with Gasteiger partial charge in [0.2, 0.25) is 11.8 Å². The summed E-state index contributed by atoms with van der Waals surface area (Å²) in [4.78, 5) is 23.7. The van der Waals surface area contributed by atoms with Crippen LogP contribution in [0.2, 0.25) is 0 Å². The highest BCUT2D eigenvalue weighted by molar-refractivity contribution is 6.06. The van der Waals surface area contributed by atoms with Crippen LogP contribution in [0.25, 0.3) is 0 Å². The predicted molar refractivity (Wildman–Crippen MR) is 70.5 cm³/mol. The van der Waals surface area contributed by atoms with Crippen LogP contribution in [0.3, 0.4) is 0 Å². The van der Waals surface area contributed by atoms with Crippen molar-refractivity contribution >= 4 is 17.5 Å². The van der Waals surface area contributed by atoms with Gasteiger partial charge in [0.15, 0.2) is 0 Å². The smallest absolute Gasteiger partial charge is 0.344 e. The van der Waals surface area contributed by atoms with E-state index in [2.05, 4.69) is 5.32 Å². The third kappa shape index (κ3) is 3.74. The number of piperidine rings is 1. The minimum atomic E-state index is -4.48. The highest BCUT2D eigenvalue weighted by Crippen LogP contribution is 2.29. The third-order valence-electron chi connectivity index (χ3n) is 3.37. The van der Waals surface area contributed by atoms with Crippen molar-refractivity contribution in [3.05, 3.63) is 29.8 Å². The van der Waals surface area contributed by atoms with Crippen LogP contribution in [0, 0.1) is 12.8 Å². The fourth-order valence-electron chi connectivity index (χ4n) is 2.26. The number of amides is 2. The van der Waals surface area contributed by atoms with Gasteiger partial charge in [-0.3, -0.25) is 9.59 Å². The predicted octanol–water partition coefficient (Wildman–Crippen LogP) is 2.39. The molecule has 1 aliphatic heterocycles. The van der Waals surface area contributed by atoms with E-state index in [1.807, 2.05) is 18.3 Å². The van der Waals surface area contributed by atoms with Gasteiger partial charge in [0.25, 0.3) is 0 Å². The lowest BCUT2D eigenvalue weighted by molar-refractivity contribution is -0.170. The van der Waals surface area contributed by atoms with Crippen LogP contribution in [-0.4, -0.2) is 24.0 Å². The Kier molecular flexibility index (Phi) is 4.20. The van der Waals surface area contributed by atoms with Crippen LogP contribution in [0.5, 0.6) is 0 Å². The molecule has 0 saturated carbocycles. The first-order chi connectivity index (χ1) is 9.77. The highest BCUT2D eigenvalue weighted by atomic mass is 19.4. The summed E-state index contributed by atoms with van der Waals surface area (Å²) >= 11 is 0. The highest BCUT2D eigenvalue weighted by Gasteiger charge is 2.45. The minimum Gasteiger partial charge on any atom is -0.344 e. The van der Waals surface area contributed by atoms with Crippen molar-refractivity contribution < 1.29 is 22.8 Å². The summed E-state index contributed by atoms with van der Waals surface area (Å²) in [6.45, 7) is 1.84. The van der Waals surface area contributed by atoms with Gasteiger partial charge in [0.05, 0.1) is 0 Å². The number of carbonyl (C=O) groups excluding carboxylic acids is 2. The number of rotatable bonds is 2. The average Bonchev–Trinajstić information content (AvgIpc) is 2.37. The molecule has 0 spiro atoms. The van der Waals surface area contributed by atoms with Crippen LogP contribution < -0.4 is 10.6 Å². The molecule has 1 fully saturated rings. The fourth-order valence-corrected chi connectivity index (χ4v) is 2.26. The summed E-state index contributed by atoms with van der Waals surface area (Å²) in [5, 5.41) is 4.42. The van der Waals surface area contributed by atoms with Gasteiger partial charge in [-0.05, 0) is 37.5 Å². The van der Waals surface area contributed by atoms with Crippen molar-refractivity contribution in [2.24, 2.45) is 5.92 Å². The molecule has 21 heavy (non-hydrogen) atoms. The van der Waals surface area contributed by atoms with Crippen LogP contribution >= 0.6 is 0 Å². The van der Waals surface area contributed by atoms with Crippen molar-refractivity contribution in [2.75, 3.05) is 5.32 Å². The van der Waals surface area contributed by atoms with E-state index < -0.39 is 30.0 Å². The summed E-state index contributed by atoms with van der Waals surface area (Å²) in [6, 6.07) is 5.09. The molecule has 7 heteroatoms. The number of alkyl halides is 3. The summed E-state index contributed by atoms with van der Waals surface area (Å²) in [7, 11) is 0. The standard InChI is InChI=1S/C14H15F3N2O2/c1-8-3-2-4-9(7-8)18-12(20)10-5-6-11(14(15,16)17)19-13(10)21/h2-4,7,10-11H,5-6H2,1H3,(H,18,20)(H,19,21). The Balaban J connectivity index is 2.00. The summed E-state index contributed by atoms with van der Waals surface area (Å²) in [5.74, 6) is -2.56. The van der Waals surface area contributed by atoms with Crippen molar-refractivity contribution in [3.63, 3.8) is 0 Å². The lowest BCUT2D eigenvalue weighted by Crippen LogP contribution is -2.53. The Morgan fingerprint density at radius 2 is 2.05 bits per heavy atom. The zero-order chi connectivity index (χ0) is 15.6. The van der Waals surface area contributed by atoms with Gasteiger partial charge in [0.1, 0.15) is 12.0 Å². The third-order valence-corrected chi connectivity index (χ3v) is 3.37. The van der Waals surface area contributed by atoms with Gasteiger partial charge in [-0.15, -0.1) is 0 Å². The van der Waals surface area contributed by atoms with Crippen LogP contribution in [0.4, 0.5) is 18.9 Å². The number of halogens is 3. The molecule has 2 rings (SSSR count). The van der Waals surface area contributed by atoms with Crippen LogP contribution in [0.15, 0.2) is 24.3 Å². The SMILES string of the molecule is Cc1cccc(NC(=O)C2CCC(C(F)(F)F)NC2=O)c1. The monoisotopic (exact) mass is 300 g/mol. The van der Waals surface area contributed by atoms with Crippen molar-refractivity contribution in [1.29, 1.82) is 0 Å². The molecule has 114 valence electrons. The number of hydrogen-bond donors (Lipinski definition) is 2. The molecule has 2 unspecified atom stereocenters. The normalized spacial score (nSPS) is 22.6. The number of nitrogens with one attached hydrogen (secondary N) is 2. The molecule has 0 aromatic heterocycles. The Morgan fingerprint density at radius 1 is 1.33 bits per heavy atom. The molecule has 2 atom stereocenters. The Hall–Kier alpha value is -2.05. The second-order valence-corrected chi connectivity index (χ2v) is 5.09. The zero-order valence-electron chi connectivity index (χ0n) is 11.3. The van der Waals surface area contributed by atoms with Crippen LogP contribution in [0.1, 0.15) is 18.4 Å². The Morgan fingerprint density at radius 3 is 2.62 bits per heavy atom. The second kappa shape index (κ2) is 5.75. The fraction of sp³-hybridized carbons (Fsp3) is 0.429. The van der Waals surface area contributed by atoms with Gasteiger partial charge >= 0.3 is 6.18 Å². The summed E-state index contributed by atoms with van der Waals surface area (Å²) in [6.07, 6.45) is -4.89. The van der Waals surface area contributed by atoms with Crippen molar-refractivity contribution in [1.82, 2.24) is 5.32 Å². The number of aryl methyl sites for hydroxylation is 1. The molecule has 1 aromatic rings. The molecule has 1 saturated heterocycles. The Labute approximate surface area is 119 Å². The number of benzene rings is 1. The van der Waals surface area contributed by atoms with E-state index in [9.17, 15) is 22.8 Å². The molecule has 0 radical (unpaired) electrons. The quantitative estimate of drug-likeness (QED) is 0.824. The number of hydrogen-bond acceptors (Lipinski definition) is 2. The van der Waals surface area contributed by atoms with Crippen molar-refractivity contribution in [2.45, 2.75) is 32.0 Å². The molecular weight excluding hydrogens is 285 g/mol. The van der Waals surface area contributed by atoms with E-state index in [-0.39, 0.29) is 12.8 Å².